The van der Waals surface area contributed by atoms with Gasteiger partial charge in [-0.15, -0.1) is 0 Å². The van der Waals surface area contributed by atoms with Gasteiger partial charge in [0, 0.05) is 7.05 Å². The fourth-order valence-electron chi connectivity index (χ4n) is 6.41. The van der Waals surface area contributed by atoms with Gasteiger partial charge < -0.3 is 30.4 Å². The Kier molecular flexibility index (Phi) is 13.0. The minimum atomic E-state index is -1.28. The van der Waals surface area contributed by atoms with Crippen molar-refractivity contribution in [1.29, 1.82) is 0 Å². The van der Waals surface area contributed by atoms with Crippen molar-refractivity contribution in [3.63, 3.8) is 0 Å². The number of carbonyl (C=O) groups is 5. The summed E-state index contributed by atoms with van der Waals surface area (Å²) in [4.78, 5) is 70.0. The highest BCUT2D eigenvalue weighted by Crippen LogP contribution is 2.38. The van der Waals surface area contributed by atoms with Crippen LogP contribution in [0.2, 0.25) is 0 Å². The SMILES string of the molecule is CCC(C)C(NC(=O)[C@@H]1CC[C@H](c2ccc(C)o2)N1C(=O)C(NC(=O)C(C)N(C)C(=O)O)C(C)C)C(=O)NC(c1ccccc1)c1ccccc1. The number of nitrogens with zero attached hydrogens (tertiary/aromatic N) is 2. The maximum atomic E-state index is 14.5. The van der Waals surface area contributed by atoms with Crippen LogP contribution in [0.5, 0.6) is 0 Å². The van der Waals surface area contributed by atoms with Crippen molar-refractivity contribution in [3.05, 3.63) is 95.4 Å². The van der Waals surface area contributed by atoms with Crippen molar-refractivity contribution in [2.24, 2.45) is 11.8 Å². The Balaban J connectivity index is 1.63. The summed E-state index contributed by atoms with van der Waals surface area (Å²) < 4.78 is 5.95. The van der Waals surface area contributed by atoms with Crippen LogP contribution in [0.3, 0.4) is 0 Å². The molecule has 3 aromatic rings. The van der Waals surface area contributed by atoms with E-state index in [4.69, 9.17) is 4.42 Å². The fourth-order valence-corrected chi connectivity index (χ4v) is 6.41. The van der Waals surface area contributed by atoms with E-state index in [2.05, 4.69) is 16.0 Å². The summed E-state index contributed by atoms with van der Waals surface area (Å²) in [5, 5.41) is 18.3. The largest absolute Gasteiger partial charge is 0.465 e. The third-order valence-electron chi connectivity index (χ3n) is 9.87. The lowest BCUT2D eigenvalue weighted by atomic mass is 9.94. The highest BCUT2D eigenvalue weighted by atomic mass is 16.4. The molecule has 0 aliphatic carbocycles. The predicted octanol–water partition coefficient (Wildman–Crippen LogP) is 5.20. The molecule has 1 aliphatic rings. The number of carbonyl (C=O) groups excluding carboxylic acids is 4. The molecular formula is C39H51N5O7. The van der Waals surface area contributed by atoms with Gasteiger partial charge in [0.1, 0.15) is 35.7 Å². The molecule has 1 aromatic heterocycles. The highest BCUT2D eigenvalue weighted by Gasteiger charge is 2.47. The van der Waals surface area contributed by atoms with Crippen LogP contribution < -0.4 is 16.0 Å². The first-order valence-corrected chi connectivity index (χ1v) is 17.6. The zero-order valence-electron chi connectivity index (χ0n) is 30.5. The van der Waals surface area contributed by atoms with Gasteiger partial charge in [0.15, 0.2) is 0 Å². The normalized spacial score (nSPS) is 18.1. The van der Waals surface area contributed by atoms with Crippen molar-refractivity contribution >= 4 is 29.7 Å². The zero-order valence-corrected chi connectivity index (χ0v) is 30.5. The van der Waals surface area contributed by atoms with E-state index in [1.165, 1.54) is 18.9 Å². The number of furan rings is 1. The van der Waals surface area contributed by atoms with E-state index >= 15 is 0 Å². The number of rotatable bonds is 14. The smallest absolute Gasteiger partial charge is 0.407 e. The third-order valence-corrected chi connectivity index (χ3v) is 9.87. The van der Waals surface area contributed by atoms with Crippen LogP contribution in [-0.4, -0.2) is 75.8 Å². The maximum Gasteiger partial charge on any atom is 0.407 e. The molecule has 12 heteroatoms. The first-order valence-electron chi connectivity index (χ1n) is 17.6. The molecule has 0 spiro atoms. The first kappa shape index (κ1) is 38.7. The number of carboxylic acid groups (broad SMARTS) is 1. The average Bonchev–Trinajstić information content (AvgIpc) is 3.77. The Hall–Kier alpha value is -5.13. The van der Waals surface area contributed by atoms with Gasteiger partial charge in [0.05, 0.1) is 12.1 Å². The zero-order chi connectivity index (χ0) is 37.4. The molecule has 0 radical (unpaired) electrons. The maximum absolute atomic E-state index is 14.5. The molecule has 51 heavy (non-hydrogen) atoms. The lowest BCUT2D eigenvalue weighted by Crippen LogP contribution is -2.59. The molecule has 0 saturated carbocycles. The second-order valence-corrected chi connectivity index (χ2v) is 13.7. The molecule has 5 amide bonds. The molecule has 2 aromatic carbocycles. The van der Waals surface area contributed by atoms with E-state index in [0.29, 0.717) is 30.8 Å². The van der Waals surface area contributed by atoms with Gasteiger partial charge in [-0.3, -0.25) is 24.1 Å². The van der Waals surface area contributed by atoms with Crippen LogP contribution >= 0.6 is 0 Å². The Bertz CT molecular complexity index is 1620. The number of amides is 5. The monoisotopic (exact) mass is 701 g/mol. The van der Waals surface area contributed by atoms with Crippen LogP contribution in [-0.2, 0) is 19.2 Å². The van der Waals surface area contributed by atoms with Crippen LogP contribution in [0.4, 0.5) is 4.79 Å². The standard InChI is InChI=1S/C39H51N5O7/c1-8-24(4)33(37(47)42-34(27-15-11-9-12-16-27)28-17-13-10-14-18-28)41-36(46)30-21-20-29(31-22-19-25(5)51-31)44(30)38(48)32(23(2)3)40-35(45)26(6)43(7)39(49)50/h9-19,22-24,26,29-30,32-34H,8,20-21H2,1-7H3,(H,40,45)(H,41,46)(H,42,47)(H,49,50)/t24?,26?,29-,30+,32?,33?/m1/s1. The van der Waals surface area contributed by atoms with Crippen molar-refractivity contribution in [2.75, 3.05) is 7.05 Å². The van der Waals surface area contributed by atoms with Crippen molar-refractivity contribution in [3.8, 4) is 0 Å². The molecule has 4 rings (SSSR count). The summed E-state index contributed by atoms with van der Waals surface area (Å²) in [6, 6.07) is 17.7. The summed E-state index contributed by atoms with van der Waals surface area (Å²) in [7, 11) is 1.28. The van der Waals surface area contributed by atoms with Crippen LogP contribution in [0.15, 0.2) is 77.2 Å². The topological polar surface area (TPSA) is 161 Å². The second-order valence-electron chi connectivity index (χ2n) is 13.7. The second kappa shape index (κ2) is 17.2. The fraction of sp³-hybridized carbons (Fsp3) is 0.462. The number of hydrogen-bond donors (Lipinski definition) is 4. The quantitative estimate of drug-likeness (QED) is 0.180. The molecule has 274 valence electrons. The molecule has 1 aliphatic heterocycles. The van der Waals surface area contributed by atoms with Crippen molar-refractivity contribution in [1.82, 2.24) is 25.8 Å². The number of hydrogen-bond acceptors (Lipinski definition) is 6. The molecule has 4 unspecified atom stereocenters. The summed E-state index contributed by atoms with van der Waals surface area (Å²) in [5.41, 5.74) is 1.78. The molecular weight excluding hydrogens is 650 g/mol. The van der Waals surface area contributed by atoms with E-state index in [0.717, 1.165) is 16.0 Å². The molecule has 1 fully saturated rings. The predicted molar refractivity (Wildman–Crippen MR) is 192 cm³/mol. The minimum Gasteiger partial charge on any atom is -0.465 e. The van der Waals surface area contributed by atoms with E-state index in [1.54, 1.807) is 32.9 Å². The number of benzene rings is 2. The Labute approximate surface area is 299 Å². The van der Waals surface area contributed by atoms with Crippen LogP contribution in [0, 0.1) is 18.8 Å². The van der Waals surface area contributed by atoms with Gasteiger partial charge in [-0.1, -0.05) is 94.8 Å². The number of aryl methyl sites for hydroxylation is 1. The molecule has 1 saturated heterocycles. The van der Waals surface area contributed by atoms with Gasteiger partial charge in [0.25, 0.3) is 0 Å². The van der Waals surface area contributed by atoms with E-state index in [9.17, 15) is 29.1 Å². The van der Waals surface area contributed by atoms with E-state index in [-0.39, 0.29) is 11.8 Å². The Morgan fingerprint density at radius 3 is 1.90 bits per heavy atom. The summed E-state index contributed by atoms with van der Waals surface area (Å²) >= 11 is 0. The number of nitrogens with one attached hydrogen (secondary N) is 3. The highest BCUT2D eigenvalue weighted by molar-refractivity contribution is 5.96. The third kappa shape index (κ3) is 9.16. The Morgan fingerprint density at radius 1 is 0.824 bits per heavy atom. The van der Waals surface area contributed by atoms with Crippen molar-refractivity contribution in [2.45, 2.75) is 97.1 Å². The van der Waals surface area contributed by atoms with Crippen LogP contribution in [0.1, 0.15) is 88.6 Å². The van der Waals surface area contributed by atoms with E-state index in [1.807, 2.05) is 74.5 Å². The van der Waals surface area contributed by atoms with E-state index < -0.39 is 66.0 Å². The van der Waals surface area contributed by atoms with Gasteiger partial charge in [-0.05, 0) is 61.8 Å². The first-order chi connectivity index (χ1) is 24.2. The molecule has 0 bridgehead atoms. The Morgan fingerprint density at radius 2 is 1.41 bits per heavy atom. The van der Waals surface area contributed by atoms with Gasteiger partial charge in [0.2, 0.25) is 23.6 Å². The number of likely N-dealkylation sites (tertiary alicyclic amines) is 1. The molecule has 4 N–H and O–H groups in total. The lowest BCUT2D eigenvalue weighted by molar-refractivity contribution is -0.146. The lowest BCUT2D eigenvalue weighted by Gasteiger charge is -2.35. The van der Waals surface area contributed by atoms with Crippen molar-refractivity contribution < 1.29 is 33.5 Å². The minimum absolute atomic E-state index is 0.245. The average molecular weight is 702 g/mol. The molecule has 6 atom stereocenters. The summed E-state index contributed by atoms with van der Waals surface area (Å²) in [6.07, 6.45) is 0.0297. The number of likely N-dealkylation sites (N-methyl/N-ethyl adjacent to an activating group) is 1. The van der Waals surface area contributed by atoms with Gasteiger partial charge in [-0.25, -0.2) is 4.79 Å². The van der Waals surface area contributed by atoms with Gasteiger partial charge >= 0.3 is 6.09 Å². The summed E-state index contributed by atoms with van der Waals surface area (Å²) in [6.45, 7) is 10.6. The van der Waals surface area contributed by atoms with Crippen LogP contribution in [0.25, 0.3) is 0 Å². The van der Waals surface area contributed by atoms with Gasteiger partial charge in [-0.2, -0.15) is 0 Å². The molecule has 12 nitrogen and oxygen atoms in total. The molecule has 2 heterocycles. The summed E-state index contributed by atoms with van der Waals surface area (Å²) in [5.74, 6) is -1.48.